The summed E-state index contributed by atoms with van der Waals surface area (Å²) >= 11 is 0. The van der Waals surface area contributed by atoms with Crippen LogP contribution in [0.25, 0.3) is 4.85 Å². The first-order valence-corrected chi connectivity index (χ1v) is 15.8. The number of nitrogens with zero attached hydrogens (tertiary/aromatic N) is 3. The Morgan fingerprint density at radius 3 is 2.11 bits per heavy atom. The molecule has 0 radical (unpaired) electrons. The Hall–Kier alpha value is -4.39. The van der Waals surface area contributed by atoms with Crippen LogP contribution in [0.3, 0.4) is 0 Å². The van der Waals surface area contributed by atoms with Crippen molar-refractivity contribution in [2.24, 2.45) is 5.92 Å². The van der Waals surface area contributed by atoms with Gasteiger partial charge in [0.15, 0.2) is 0 Å². The molecule has 10 nitrogen and oxygen atoms in total. The smallest absolute Gasteiger partial charge is 0.410 e. The van der Waals surface area contributed by atoms with E-state index in [9.17, 15) is 19.2 Å². The molecule has 10 heteroatoms. The highest BCUT2D eigenvalue weighted by Gasteiger charge is 2.49. The molecule has 45 heavy (non-hydrogen) atoms. The van der Waals surface area contributed by atoms with Crippen molar-refractivity contribution in [1.82, 2.24) is 20.4 Å². The summed E-state index contributed by atoms with van der Waals surface area (Å²) in [4.78, 5) is 61.2. The zero-order valence-corrected chi connectivity index (χ0v) is 26.9. The molecule has 2 aliphatic rings. The molecular formula is C35H45N5O5. The van der Waals surface area contributed by atoms with Crippen LogP contribution in [0, 0.1) is 12.5 Å². The first-order chi connectivity index (χ1) is 21.4. The summed E-state index contributed by atoms with van der Waals surface area (Å²) in [5, 5.41) is 6.11. The number of hydrogen-bond donors (Lipinski definition) is 2. The predicted octanol–water partition coefficient (Wildman–Crippen LogP) is 4.71. The monoisotopic (exact) mass is 615 g/mol. The minimum absolute atomic E-state index is 0.0664. The molecule has 0 unspecified atom stereocenters. The van der Waals surface area contributed by atoms with Gasteiger partial charge in [-0.1, -0.05) is 67.6 Å². The number of carbonyl (C=O) groups is 4. The van der Waals surface area contributed by atoms with Crippen LogP contribution >= 0.6 is 0 Å². The Morgan fingerprint density at radius 1 is 1.00 bits per heavy atom. The molecule has 2 aliphatic heterocycles. The summed E-state index contributed by atoms with van der Waals surface area (Å²) in [6.07, 6.45) is 2.02. The molecule has 2 heterocycles. The molecule has 2 fully saturated rings. The summed E-state index contributed by atoms with van der Waals surface area (Å²) < 4.78 is 5.46. The predicted molar refractivity (Wildman–Crippen MR) is 171 cm³/mol. The average molecular weight is 616 g/mol. The SMILES string of the molecule is [C-]#[N+]C[C@H]1CC[C@H]2CC[C@@H](C(=O)NC(c3ccccc3)c3ccccc3)N2C(=O)[C@H]1NC(=O)[C@H](CC)N(C)C(=O)OC(C)(C)C. The van der Waals surface area contributed by atoms with Gasteiger partial charge in [-0.3, -0.25) is 19.3 Å². The van der Waals surface area contributed by atoms with Crippen LogP contribution in [0.1, 0.15) is 77.0 Å². The van der Waals surface area contributed by atoms with Crippen molar-refractivity contribution in [2.45, 2.75) is 95.6 Å². The van der Waals surface area contributed by atoms with Crippen molar-refractivity contribution in [3.05, 3.63) is 83.2 Å². The maximum absolute atomic E-state index is 14.3. The quantitative estimate of drug-likeness (QED) is 0.397. The molecule has 5 atom stereocenters. The van der Waals surface area contributed by atoms with E-state index in [4.69, 9.17) is 11.3 Å². The van der Waals surface area contributed by atoms with Gasteiger partial charge in [0.2, 0.25) is 24.3 Å². The number of carbonyl (C=O) groups excluding carboxylic acids is 4. The van der Waals surface area contributed by atoms with Gasteiger partial charge in [-0.25, -0.2) is 11.4 Å². The van der Waals surface area contributed by atoms with Gasteiger partial charge >= 0.3 is 6.09 Å². The van der Waals surface area contributed by atoms with Crippen LogP contribution in [0.2, 0.25) is 0 Å². The molecule has 2 N–H and O–H groups in total. The summed E-state index contributed by atoms with van der Waals surface area (Å²) in [5.41, 5.74) is 1.12. The van der Waals surface area contributed by atoms with E-state index in [-0.39, 0.29) is 24.4 Å². The van der Waals surface area contributed by atoms with Crippen molar-refractivity contribution < 1.29 is 23.9 Å². The van der Waals surface area contributed by atoms with Gasteiger partial charge in [0.1, 0.15) is 23.7 Å². The molecule has 0 aliphatic carbocycles. The fourth-order valence-corrected chi connectivity index (χ4v) is 6.42. The molecule has 2 aromatic rings. The van der Waals surface area contributed by atoms with Crippen molar-refractivity contribution in [3.63, 3.8) is 0 Å². The van der Waals surface area contributed by atoms with E-state index in [2.05, 4.69) is 15.5 Å². The third-order valence-electron chi connectivity index (χ3n) is 8.68. The lowest BCUT2D eigenvalue weighted by Gasteiger charge is -2.34. The molecule has 4 amide bonds. The van der Waals surface area contributed by atoms with Gasteiger partial charge in [0, 0.05) is 13.1 Å². The lowest BCUT2D eigenvalue weighted by molar-refractivity contribution is -0.144. The van der Waals surface area contributed by atoms with Gasteiger partial charge in [-0.05, 0) is 64.0 Å². The Morgan fingerprint density at radius 2 is 1.58 bits per heavy atom. The van der Waals surface area contributed by atoms with E-state index in [1.165, 1.54) is 11.9 Å². The first-order valence-electron chi connectivity index (χ1n) is 15.8. The lowest BCUT2D eigenvalue weighted by Crippen LogP contribution is -2.59. The van der Waals surface area contributed by atoms with Gasteiger partial charge in [0.05, 0.1) is 12.0 Å². The highest BCUT2D eigenvalue weighted by atomic mass is 16.6. The molecule has 2 saturated heterocycles. The molecule has 4 rings (SSSR count). The standard InChI is InChI=1S/C35H45N5O5/c1-7-27(39(6)34(44)45-35(2,3)4)31(41)38-30-25(22-36-5)18-19-26-20-21-28(40(26)33(30)43)32(42)37-29(23-14-10-8-11-15-23)24-16-12-9-13-17-24/h8-17,25-30H,7,18-22H2,1-4,6H3,(H,37,42)(H,38,41)/t25-,26+,27+,28+,30+/m1/s1. The normalized spacial score (nSPS) is 22.1. The highest BCUT2D eigenvalue weighted by Crippen LogP contribution is 2.35. The molecule has 2 aromatic carbocycles. The topological polar surface area (TPSA) is 112 Å². The highest BCUT2D eigenvalue weighted by molar-refractivity contribution is 5.95. The van der Waals surface area contributed by atoms with Crippen LogP contribution < -0.4 is 10.6 Å². The van der Waals surface area contributed by atoms with Crippen LogP contribution in [0.4, 0.5) is 4.79 Å². The summed E-state index contributed by atoms with van der Waals surface area (Å²) in [6.45, 7) is 14.6. The second-order valence-corrected chi connectivity index (χ2v) is 12.9. The molecule has 0 bridgehead atoms. The third-order valence-corrected chi connectivity index (χ3v) is 8.68. The largest absolute Gasteiger partial charge is 0.444 e. The fraction of sp³-hybridized carbons (Fsp3) is 0.514. The number of fused-ring (bicyclic) bond motifs is 1. The number of rotatable bonds is 9. The van der Waals surface area contributed by atoms with Crippen molar-refractivity contribution in [3.8, 4) is 0 Å². The zero-order valence-electron chi connectivity index (χ0n) is 26.9. The van der Waals surface area contributed by atoms with E-state index in [1.54, 1.807) is 32.6 Å². The molecule has 0 saturated carbocycles. The van der Waals surface area contributed by atoms with Gasteiger partial charge in [0.25, 0.3) is 0 Å². The minimum Gasteiger partial charge on any atom is -0.444 e. The summed E-state index contributed by atoms with van der Waals surface area (Å²) in [6, 6.07) is 16.3. The van der Waals surface area contributed by atoms with Crippen LogP contribution in [-0.2, 0) is 19.1 Å². The van der Waals surface area contributed by atoms with Gasteiger partial charge in [-0.15, -0.1) is 0 Å². The van der Waals surface area contributed by atoms with Crippen LogP contribution in [0.5, 0.6) is 0 Å². The second kappa shape index (κ2) is 14.6. The number of hydrogen-bond acceptors (Lipinski definition) is 5. The minimum atomic E-state index is -0.995. The van der Waals surface area contributed by atoms with E-state index in [0.717, 1.165) is 11.1 Å². The maximum Gasteiger partial charge on any atom is 0.410 e. The number of nitrogens with one attached hydrogen (secondary N) is 2. The number of amides is 4. The molecule has 0 spiro atoms. The molecular weight excluding hydrogens is 570 g/mol. The molecule has 0 aromatic heterocycles. The average Bonchev–Trinajstić information content (AvgIpc) is 3.40. The van der Waals surface area contributed by atoms with Crippen molar-refractivity contribution in [1.29, 1.82) is 0 Å². The Balaban J connectivity index is 1.57. The van der Waals surface area contributed by atoms with E-state index in [0.29, 0.717) is 32.1 Å². The number of benzene rings is 2. The number of likely N-dealkylation sites (N-methyl/N-ethyl adjacent to an activating group) is 1. The second-order valence-electron chi connectivity index (χ2n) is 12.9. The summed E-state index contributed by atoms with van der Waals surface area (Å²) in [5.74, 6) is -1.53. The Bertz CT molecular complexity index is 1350. The van der Waals surface area contributed by atoms with Gasteiger partial charge in [-0.2, -0.15) is 0 Å². The Kier molecular flexibility index (Phi) is 10.9. The van der Waals surface area contributed by atoms with E-state index < -0.39 is 47.7 Å². The third kappa shape index (κ3) is 8.01. The summed E-state index contributed by atoms with van der Waals surface area (Å²) in [7, 11) is 1.50. The van der Waals surface area contributed by atoms with Crippen molar-refractivity contribution in [2.75, 3.05) is 13.6 Å². The van der Waals surface area contributed by atoms with Gasteiger partial charge < -0.3 is 25.1 Å². The van der Waals surface area contributed by atoms with E-state index >= 15 is 0 Å². The lowest BCUT2D eigenvalue weighted by atomic mass is 9.93. The Labute approximate surface area is 266 Å². The number of ether oxygens (including phenoxy) is 1. The van der Waals surface area contributed by atoms with Crippen LogP contribution in [0.15, 0.2) is 60.7 Å². The molecule has 240 valence electrons. The van der Waals surface area contributed by atoms with E-state index in [1.807, 2.05) is 60.7 Å². The first kappa shape index (κ1) is 33.5. The maximum atomic E-state index is 14.3. The zero-order chi connectivity index (χ0) is 32.7. The van der Waals surface area contributed by atoms with Crippen LogP contribution in [-0.4, -0.2) is 77.0 Å². The van der Waals surface area contributed by atoms with Crippen molar-refractivity contribution >= 4 is 23.8 Å². The fourth-order valence-electron chi connectivity index (χ4n) is 6.42.